The first kappa shape index (κ1) is 20.9. The van der Waals surface area contributed by atoms with E-state index in [1.165, 1.54) is 48.8 Å². The van der Waals surface area contributed by atoms with Crippen molar-refractivity contribution in [3.05, 3.63) is 76.8 Å². The molecule has 0 aliphatic carbocycles. The second-order valence-corrected chi connectivity index (χ2v) is 11.2. The van der Waals surface area contributed by atoms with Gasteiger partial charge in [-0.3, -0.25) is 0 Å². The molecule has 0 radical (unpaired) electrons. The molecule has 0 spiro atoms. The van der Waals surface area contributed by atoms with Gasteiger partial charge >= 0.3 is 0 Å². The lowest BCUT2D eigenvalue weighted by Gasteiger charge is -2.19. The molecule has 2 aromatic carbocycles. The van der Waals surface area contributed by atoms with Crippen molar-refractivity contribution in [2.75, 3.05) is 6.26 Å². The largest absolute Gasteiger partial charge is 0.336 e. The van der Waals surface area contributed by atoms with E-state index in [1.54, 1.807) is 17.0 Å². The minimum atomic E-state index is -3.86. The number of nitrogens with zero attached hydrogens (tertiary/aromatic N) is 2. The summed E-state index contributed by atoms with van der Waals surface area (Å²) >= 11 is 11.9. The lowest BCUT2D eigenvalue weighted by molar-refractivity contribution is 0.562. The molecule has 0 aliphatic heterocycles. The van der Waals surface area contributed by atoms with Crippen LogP contribution >= 0.6 is 23.2 Å². The van der Waals surface area contributed by atoms with Crippen LogP contribution in [-0.2, 0) is 26.2 Å². The van der Waals surface area contributed by atoms with Gasteiger partial charge in [0.2, 0.25) is 0 Å². The molecule has 1 aromatic heterocycles. The third-order valence-electron chi connectivity index (χ3n) is 4.21. The molecule has 0 N–H and O–H groups in total. The van der Waals surface area contributed by atoms with Crippen molar-refractivity contribution in [2.24, 2.45) is 0 Å². The molecule has 3 rings (SSSR count). The molecule has 1 atom stereocenters. The average Bonchev–Trinajstić information content (AvgIpc) is 3.14. The van der Waals surface area contributed by atoms with Crippen molar-refractivity contribution < 1.29 is 16.8 Å². The molecule has 0 saturated carbocycles. The Labute approximate surface area is 173 Å². The van der Waals surface area contributed by atoms with E-state index in [0.29, 0.717) is 5.56 Å². The SMILES string of the molecule is CS(=O)(=O)c1ccc(C(Cn2ccnc2)S(=O)(=O)c2ccc(Cl)c(Cl)c2)cc1. The number of rotatable bonds is 6. The van der Waals surface area contributed by atoms with Gasteiger partial charge in [0.1, 0.15) is 5.25 Å². The molecule has 10 heteroatoms. The highest BCUT2D eigenvalue weighted by molar-refractivity contribution is 7.91. The van der Waals surface area contributed by atoms with Crippen LogP contribution < -0.4 is 0 Å². The van der Waals surface area contributed by atoms with Crippen LogP contribution in [0.15, 0.2) is 71.0 Å². The fourth-order valence-corrected chi connectivity index (χ4v) is 5.46. The summed E-state index contributed by atoms with van der Waals surface area (Å²) in [6.45, 7) is 0.0980. The Morgan fingerprint density at radius 1 is 0.964 bits per heavy atom. The zero-order valence-electron chi connectivity index (χ0n) is 14.7. The zero-order valence-corrected chi connectivity index (χ0v) is 17.8. The second-order valence-electron chi connectivity index (χ2n) is 6.21. The van der Waals surface area contributed by atoms with Crippen LogP contribution in [0.3, 0.4) is 0 Å². The maximum Gasteiger partial charge on any atom is 0.187 e. The summed E-state index contributed by atoms with van der Waals surface area (Å²) in [5, 5.41) is -0.589. The first-order valence-corrected chi connectivity index (χ1v) is 12.2. The van der Waals surface area contributed by atoms with Crippen LogP contribution in [0, 0.1) is 0 Å². The third-order valence-corrected chi connectivity index (χ3v) is 8.16. The first-order chi connectivity index (χ1) is 13.1. The van der Waals surface area contributed by atoms with Gasteiger partial charge in [-0.25, -0.2) is 21.8 Å². The minimum Gasteiger partial charge on any atom is -0.336 e. The molecule has 1 heterocycles. The molecule has 0 amide bonds. The highest BCUT2D eigenvalue weighted by atomic mass is 35.5. The maximum absolute atomic E-state index is 13.4. The van der Waals surface area contributed by atoms with Gasteiger partial charge in [-0.05, 0) is 35.9 Å². The Morgan fingerprint density at radius 2 is 1.61 bits per heavy atom. The van der Waals surface area contributed by atoms with Crippen molar-refractivity contribution in [1.29, 1.82) is 0 Å². The summed E-state index contributed by atoms with van der Waals surface area (Å²) < 4.78 is 51.7. The molecule has 6 nitrogen and oxygen atoms in total. The number of aromatic nitrogens is 2. The highest BCUT2D eigenvalue weighted by Gasteiger charge is 2.30. The van der Waals surface area contributed by atoms with Crippen LogP contribution in [0.4, 0.5) is 0 Å². The number of hydrogen-bond donors (Lipinski definition) is 0. The Bertz CT molecular complexity index is 1190. The van der Waals surface area contributed by atoms with Gasteiger partial charge in [0.05, 0.1) is 26.2 Å². The number of imidazole rings is 1. The molecular weight excluding hydrogens is 443 g/mol. The number of halogens is 2. The predicted octanol–water partition coefficient (Wildman–Crippen LogP) is 3.81. The lowest BCUT2D eigenvalue weighted by Crippen LogP contribution is -2.19. The van der Waals surface area contributed by atoms with Crippen molar-refractivity contribution in [3.63, 3.8) is 0 Å². The first-order valence-electron chi connectivity index (χ1n) is 8.04. The van der Waals surface area contributed by atoms with Crippen LogP contribution in [0.5, 0.6) is 0 Å². The predicted molar refractivity (Wildman–Crippen MR) is 108 cm³/mol. The summed E-state index contributed by atoms with van der Waals surface area (Å²) in [6.07, 6.45) is 5.82. The van der Waals surface area contributed by atoms with E-state index < -0.39 is 24.9 Å². The molecule has 28 heavy (non-hydrogen) atoms. The summed E-state index contributed by atoms with van der Waals surface area (Å²) in [6, 6.07) is 9.95. The zero-order chi connectivity index (χ0) is 20.5. The average molecular weight is 459 g/mol. The smallest absolute Gasteiger partial charge is 0.187 e. The van der Waals surface area contributed by atoms with Crippen molar-refractivity contribution >= 4 is 42.9 Å². The van der Waals surface area contributed by atoms with Crippen LogP contribution in [0.1, 0.15) is 10.8 Å². The summed E-state index contributed by atoms with van der Waals surface area (Å²) in [5.74, 6) is 0. The minimum absolute atomic E-state index is 0.0270. The second kappa shape index (κ2) is 7.87. The van der Waals surface area contributed by atoms with Crippen molar-refractivity contribution in [3.8, 4) is 0 Å². The van der Waals surface area contributed by atoms with Gasteiger partial charge in [0.15, 0.2) is 19.7 Å². The van der Waals surface area contributed by atoms with Crippen LogP contribution in [-0.4, -0.2) is 32.6 Å². The van der Waals surface area contributed by atoms with Gasteiger partial charge in [0.25, 0.3) is 0 Å². The Hall–Kier alpha value is -1.87. The van der Waals surface area contributed by atoms with Crippen molar-refractivity contribution in [1.82, 2.24) is 9.55 Å². The number of sulfone groups is 2. The summed E-state index contributed by atoms with van der Waals surface area (Å²) in [5.41, 5.74) is 0.451. The van der Waals surface area contributed by atoms with E-state index in [9.17, 15) is 16.8 Å². The molecule has 0 bridgehead atoms. The fraction of sp³-hybridized carbons (Fsp3) is 0.167. The quantitative estimate of drug-likeness (QED) is 0.560. The van der Waals surface area contributed by atoms with Gasteiger partial charge < -0.3 is 4.57 Å². The van der Waals surface area contributed by atoms with E-state index in [1.807, 2.05) is 0 Å². The Balaban J connectivity index is 2.09. The molecule has 148 valence electrons. The monoisotopic (exact) mass is 458 g/mol. The van der Waals surface area contributed by atoms with E-state index in [4.69, 9.17) is 23.2 Å². The molecule has 0 fully saturated rings. The Morgan fingerprint density at radius 3 is 2.14 bits per heavy atom. The molecule has 0 saturated heterocycles. The van der Waals surface area contributed by atoms with E-state index in [2.05, 4.69) is 4.98 Å². The molecule has 1 unspecified atom stereocenters. The third kappa shape index (κ3) is 4.41. The van der Waals surface area contributed by atoms with Gasteiger partial charge in [0, 0.05) is 25.2 Å². The standard InChI is InChI=1S/C18H16Cl2N2O4S2/c1-27(23,24)14-4-2-13(3-5-14)18(11-22-9-8-21-12-22)28(25,26)15-6-7-16(19)17(20)10-15/h2-10,12,18H,11H2,1H3. The fourth-order valence-electron chi connectivity index (χ4n) is 2.72. The van der Waals surface area contributed by atoms with Gasteiger partial charge in [-0.2, -0.15) is 0 Å². The molecule has 0 aliphatic rings. The lowest BCUT2D eigenvalue weighted by atomic mass is 10.1. The Kier molecular flexibility index (Phi) is 5.86. The van der Waals surface area contributed by atoms with E-state index in [-0.39, 0.29) is 26.4 Å². The normalized spacial score (nSPS) is 13.4. The van der Waals surface area contributed by atoms with Crippen LogP contribution in [0.25, 0.3) is 0 Å². The highest BCUT2D eigenvalue weighted by Crippen LogP contribution is 2.34. The van der Waals surface area contributed by atoms with Crippen LogP contribution in [0.2, 0.25) is 10.0 Å². The van der Waals surface area contributed by atoms with Gasteiger partial charge in [-0.1, -0.05) is 35.3 Å². The topological polar surface area (TPSA) is 86.1 Å². The molecule has 3 aromatic rings. The number of hydrogen-bond acceptors (Lipinski definition) is 5. The summed E-state index contributed by atoms with van der Waals surface area (Å²) in [7, 11) is -7.25. The van der Waals surface area contributed by atoms with Crippen molar-refractivity contribution in [2.45, 2.75) is 21.6 Å². The van der Waals surface area contributed by atoms with E-state index >= 15 is 0 Å². The van der Waals surface area contributed by atoms with Gasteiger partial charge in [-0.15, -0.1) is 0 Å². The number of benzene rings is 2. The molecular formula is C18H16Cl2N2O4S2. The maximum atomic E-state index is 13.4. The summed E-state index contributed by atoms with van der Waals surface area (Å²) in [4.78, 5) is 4.09. The van der Waals surface area contributed by atoms with E-state index in [0.717, 1.165) is 6.26 Å².